The van der Waals surface area contributed by atoms with Crippen LogP contribution in [-0.2, 0) is 35.3 Å². The highest BCUT2D eigenvalue weighted by atomic mass is 32.3. The Morgan fingerprint density at radius 2 is 1.94 bits per heavy atom. The Morgan fingerprint density at radius 3 is 2.54 bits per heavy atom. The van der Waals surface area contributed by atoms with Crippen molar-refractivity contribution in [3.05, 3.63) is 40.2 Å². The lowest BCUT2D eigenvalue weighted by Crippen LogP contribution is -2.66. The summed E-state index contributed by atoms with van der Waals surface area (Å²) in [5.74, 6) is -0.907. The summed E-state index contributed by atoms with van der Waals surface area (Å²) in [5.41, 5.74) is -0.222. The van der Waals surface area contributed by atoms with Gasteiger partial charge in [0.1, 0.15) is 35.7 Å². The van der Waals surface area contributed by atoms with Crippen molar-refractivity contribution in [2.24, 2.45) is 0 Å². The zero-order chi connectivity index (χ0) is 25.9. The van der Waals surface area contributed by atoms with Gasteiger partial charge in [-0.2, -0.15) is 8.42 Å². The van der Waals surface area contributed by atoms with Crippen molar-refractivity contribution in [1.82, 2.24) is 10.6 Å². The predicted octanol–water partition coefficient (Wildman–Crippen LogP) is -1.77. The van der Waals surface area contributed by atoms with E-state index in [1.165, 1.54) is 31.3 Å². The molecule has 5 atom stereocenters. The lowest BCUT2D eigenvalue weighted by Gasteiger charge is -2.43. The number of rotatable bonds is 8. The minimum atomic E-state index is -5.05. The number of carbonyl (C=O) groups is 2. The summed E-state index contributed by atoms with van der Waals surface area (Å²) in [6.45, 7) is 0.290. The Morgan fingerprint density at radius 1 is 1.23 bits per heavy atom. The van der Waals surface area contributed by atoms with Gasteiger partial charge in [0.25, 0.3) is 0 Å². The normalized spacial score (nSPS) is 24.7. The molecule has 0 bridgehead atoms. The molecule has 0 radical (unpaired) electrons. The van der Waals surface area contributed by atoms with Crippen LogP contribution >= 0.6 is 0 Å². The van der Waals surface area contributed by atoms with Gasteiger partial charge in [-0.25, -0.2) is 8.98 Å². The highest BCUT2D eigenvalue weighted by molar-refractivity contribution is 7.80. The molecule has 2 heterocycles. The standard InChI is InChI=1S/C20H24N2O12S/c1-9(24)22-17-18(27)19(34-35(28,29)30)14(8-23)33-20(17)31-11-3-4-12-10(5-15(25)21-2)6-16(26)32-13(12)7-11/h3-4,6-7,14,17-20,23,27H,5,8H2,1-2H3,(H,21,25)(H,22,24)(H,28,29,30). The molecular formula is C20H24N2O12S. The summed E-state index contributed by atoms with van der Waals surface area (Å²) in [5, 5.41) is 25.5. The van der Waals surface area contributed by atoms with Crippen molar-refractivity contribution in [1.29, 1.82) is 0 Å². The van der Waals surface area contributed by atoms with Gasteiger partial charge in [0.05, 0.1) is 13.0 Å². The van der Waals surface area contributed by atoms with Crippen LogP contribution in [0.2, 0.25) is 0 Å². The molecule has 35 heavy (non-hydrogen) atoms. The number of nitrogens with one attached hydrogen (secondary N) is 2. The number of fused-ring (bicyclic) bond motifs is 1. The number of likely N-dealkylation sites (N-methyl/N-ethyl adjacent to an activating group) is 1. The molecule has 5 N–H and O–H groups in total. The van der Waals surface area contributed by atoms with E-state index in [2.05, 4.69) is 14.8 Å². The molecule has 1 aliphatic heterocycles. The summed E-state index contributed by atoms with van der Waals surface area (Å²) in [6, 6.07) is 4.08. The SMILES string of the molecule is CNC(=O)Cc1cc(=O)oc2cc(OC3OC(CO)C(OS(=O)(=O)O)C(O)C3NC(C)=O)ccc12. The molecular weight excluding hydrogens is 492 g/mol. The molecule has 0 aliphatic carbocycles. The first-order valence-electron chi connectivity index (χ1n) is 10.2. The minimum Gasteiger partial charge on any atom is -0.462 e. The molecule has 0 saturated carbocycles. The van der Waals surface area contributed by atoms with Crippen LogP contribution in [0.1, 0.15) is 12.5 Å². The Bertz CT molecular complexity index is 1260. The van der Waals surface area contributed by atoms with E-state index in [-0.39, 0.29) is 23.7 Å². The second-order valence-electron chi connectivity index (χ2n) is 7.65. The van der Waals surface area contributed by atoms with Gasteiger partial charge in [0, 0.05) is 31.5 Å². The van der Waals surface area contributed by atoms with Gasteiger partial charge < -0.3 is 34.7 Å². The molecule has 1 saturated heterocycles. The quantitative estimate of drug-likeness (QED) is 0.195. The molecule has 1 aromatic carbocycles. The number of amides is 2. The smallest absolute Gasteiger partial charge is 0.397 e. The maximum atomic E-state index is 12.0. The summed E-state index contributed by atoms with van der Waals surface area (Å²) in [4.78, 5) is 35.4. The van der Waals surface area contributed by atoms with Crippen LogP contribution in [0.25, 0.3) is 11.0 Å². The van der Waals surface area contributed by atoms with Gasteiger partial charge in [-0.3, -0.25) is 14.1 Å². The third-order valence-corrected chi connectivity index (χ3v) is 5.60. The molecule has 2 amide bonds. The number of aliphatic hydroxyl groups is 2. The summed E-state index contributed by atoms with van der Waals surface area (Å²) < 4.78 is 52.2. The predicted molar refractivity (Wildman–Crippen MR) is 117 cm³/mol. The van der Waals surface area contributed by atoms with Crippen molar-refractivity contribution in [3.63, 3.8) is 0 Å². The first kappa shape index (κ1) is 26.5. The number of benzene rings is 1. The van der Waals surface area contributed by atoms with E-state index >= 15 is 0 Å². The Labute approximate surface area is 198 Å². The lowest BCUT2D eigenvalue weighted by molar-refractivity contribution is -0.239. The van der Waals surface area contributed by atoms with Gasteiger partial charge in [0.15, 0.2) is 0 Å². The number of aliphatic hydroxyl groups excluding tert-OH is 2. The summed E-state index contributed by atoms with van der Waals surface area (Å²) in [6.07, 6.45) is -6.58. The highest BCUT2D eigenvalue weighted by Gasteiger charge is 2.49. The highest BCUT2D eigenvalue weighted by Crippen LogP contribution is 2.29. The molecule has 1 fully saturated rings. The van der Waals surface area contributed by atoms with E-state index in [1.807, 2.05) is 0 Å². The fraction of sp³-hybridized carbons (Fsp3) is 0.450. The minimum absolute atomic E-state index is 0.0520. The van der Waals surface area contributed by atoms with Crippen molar-refractivity contribution < 1.29 is 50.8 Å². The van der Waals surface area contributed by atoms with E-state index in [1.54, 1.807) is 0 Å². The van der Waals surface area contributed by atoms with Crippen LogP contribution in [0.5, 0.6) is 5.75 Å². The average Bonchev–Trinajstić information content (AvgIpc) is 2.76. The van der Waals surface area contributed by atoms with E-state index < -0.39 is 59.2 Å². The van der Waals surface area contributed by atoms with Crippen molar-refractivity contribution >= 4 is 33.2 Å². The lowest BCUT2D eigenvalue weighted by atomic mass is 9.97. The monoisotopic (exact) mass is 516 g/mol. The summed E-state index contributed by atoms with van der Waals surface area (Å²) in [7, 11) is -3.59. The molecule has 15 heteroatoms. The van der Waals surface area contributed by atoms with Crippen LogP contribution in [0, 0.1) is 0 Å². The summed E-state index contributed by atoms with van der Waals surface area (Å²) >= 11 is 0. The third kappa shape index (κ3) is 6.53. The first-order chi connectivity index (χ1) is 16.4. The van der Waals surface area contributed by atoms with Gasteiger partial charge in [0.2, 0.25) is 18.1 Å². The Kier molecular flexibility index (Phi) is 8.09. The average molecular weight is 516 g/mol. The molecule has 1 aliphatic rings. The topological polar surface area (TPSA) is 211 Å². The zero-order valence-corrected chi connectivity index (χ0v) is 19.4. The number of ether oxygens (including phenoxy) is 2. The van der Waals surface area contributed by atoms with Crippen LogP contribution in [0.15, 0.2) is 33.5 Å². The molecule has 3 rings (SSSR count). The van der Waals surface area contributed by atoms with E-state index in [0.29, 0.717) is 10.9 Å². The second kappa shape index (κ2) is 10.7. The van der Waals surface area contributed by atoms with Gasteiger partial charge >= 0.3 is 16.0 Å². The van der Waals surface area contributed by atoms with E-state index in [0.717, 1.165) is 6.92 Å². The van der Waals surface area contributed by atoms with Gasteiger partial charge in [-0.05, 0) is 17.7 Å². The second-order valence-corrected chi connectivity index (χ2v) is 8.70. The van der Waals surface area contributed by atoms with Gasteiger partial charge in [-0.1, -0.05) is 0 Å². The van der Waals surface area contributed by atoms with Crippen LogP contribution in [0.3, 0.4) is 0 Å². The van der Waals surface area contributed by atoms with Crippen LogP contribution in [0.4, 0.5) is 0 Å². The van der Waals surface area contributed by atoms with Crippen molar-refractivity contribution in [2.75, 3.05) is 13.7 Å². The molecule has 5 unspecified atom stereocenters. The molecule has 1 aromatic heterocycles. The number of hydrogen-bond donors (Lipinski definition) is 5. The fourth-order valence-corrected chi connectivity index (χ4v) is 4.16. The maximum absolute atomic E-state index is 12.0. The largest absolute Gasteiger partial charge is 0.462 e. The Hall–Kier alpha value is -3.08. The Balaban J connectivity index is 1.94. The van der Waals surface area contributed by atoms with Crippen molar-refractivity contribution in [2.45, 2.75) is 44.0 Å². The van der Waals surface area contributed by atoms with E-state index in [4.69, 9.17) is 18.4 Å². The van der Waals surface area contributed by atoms with Crippen LogP contribution in [-0.4, -0.2) is 79.3 Å². The first-order valence-corrected chi connectivity index (χ1v) is 11.6. The number of hydrogen-bond acceptors (Lipinski definition) is 11. The molecule has 14 nitrogen and oxygen atoms in total. The van der Waals surface area contributed by atoms with Crippen LogP contribution < -0.4 is 21.0 Å². The van der Waals surface area contributed by atoms with Crippen molar-refractivity contribution in [3.8, 4) is 5.75 Å². The zero-order valence-electron chi connectivity index (χ0n) is 18.5. The fourth-order valence-electron chi connectivity index (χ4n) is 3.64. The maximum Gasteiger partial charge on any atom is 0.397 e. The third-order valence-electron chi connectivity index (χ3n) is 5.14. The van der Waals surface area contributed by atoms with Gasteiger partial charge in [-0.15, -0.1) is 0 Å². The molecule has 192 valence electrons. The molecule has 0 spiro atoms. The van der Waals surface area contributed by atoms with E-state index in [9.17, 15) is 33.0 Å². The molecule has 2 aromatic rings. The number of carbonyl (C=O) groups excluding carboxylic acids is 2.